The van der Waals surface area contributed by atoms with Gasteiger partial charge in [0.1, 0.15) is 12.4 Å². The zero-order valence-electron chi connectivity index (χ0n) is 18.5. The number of carbonyl (C=O) groups is 2. The van der Waals surface area contributed by atoms with Gasteiger partial charge in [-0.1, -0.05) is 6.07 Å². The van der Waals surface area contributed by atoms with Crippen LogP contribution >= 0.6 is 0 Å². The quantitative estimate of drug-likeness (QED) is 0.798. The number of benzene rings is 1. The Kier molecular flexibility index (Phi) is 4.59. The average molecular weight is 435 g/mol. The highest BCUT2D eigenvalue weighted by atomic mass is 16.2. The first-order valence-corrected chi connectivity index (χ1v) is 12.0. The molecular weight excluding hydrogens is 404 g/mol. The molecule has 8 nitrogen and oxygen atoms in total. The molecule has 4 bridgehead atoms. The molecule has 1 aromatic heterocycles. The number of likely N-dealkylation sites (tertiary alicyclic amines) is 1. The van der Waals surface area contributed by atoms with E-state index < -0.39 is 0 Å². The van der Waals surface area contributed by atoms with Crippen molar-refractivity contribution < 1.29 is 9.59 Å². The lowest BCUT2D eigenvalue weighted by Gasteiger charge is -2.56. The topological polar surface area (TPSA) is 93.0 Å². The van der Waals surface area contributed by atoms with Crippen molar-refractivity contribution in [3.8, 4) is 5.69 Å². The minimum absolute atomic E-state index is 0.0856. The molecule has 0 spiro atoms. The lowest BCUT2D eigenvalue weighted by molar-refractivity contribution is -0.160. The monoisotopic (exact) mass is 434 g/mol. The standard InChI is InChI=1S/C24H30N6O2/c1-15-19(4-2-5-20(15)30-14-25-27-28-30)26-22(31)21-6-3-7-29(21)23(32)24-11-16-8-17(12-24)10-18(9-16)13-24/h2,4-5,14,16-18,21H,3,6-13H2,1H3,(H,26,31). The van der Waals surface area contributed by atoms with Gasteiger partial charge in [-0.15, -0.1) is 5.10 Å². The van der Waals surface area contributed by atoms with Crippen LogP contribution in [0.25, 0.3) is 5.69 Å². The number of hydrogen-bond acceptors (Lipinski definition) is 5. The van der Waals surface area contributed by atoms with E-state index in [1.165, 1.54) is 25.6 Å². The van der Waals surface area contributed by atoms with Crippen LogP contribution in [0.5, 0.6) is 0 Å². The lowest BCUT2D eigenvalue weighted by atomic mass is 9.49. The van der Waals surface area contributed by atoms with Crippen molar-refractivity contribution in [3.63, 3.8) is 0 Å². The molecule has 4 aliphatic carbocycles. The first-order valence-electron chi connectivity index (χ1n) is 12.0. The van der Waals surface area contributed by atoms with E-state index >= 15 is 0 Å². The van der Waals surface area contributed by atoms with E-state index in [0.29, 0.717) is 6.54 Å². The number of tetrazole rings is 1. The average Bonchev–Trinajstić information content (AvgIpc) is 3.46. The van der Waals surface area contributed by atoms with Crippen LogP contribution in [0.15, 0.2) is 24.5 Å². The summed E-state index contributed by atoms with van der Waals surface area (Å²) in [6.45, 7) is 2.64. The van der Waals surface area contributed by atoms with Crippen molar-refractivity contribution in [3.05, 3.63) is 30.1 Å². The maximum absolute atomic E-state index is 13.9. The fraction of sp³-hybridized carbons (Fsp3) is 0.625. The predicted molar refractivity (Wildman–Crippen MR) is 118 cm³/mol. The summed E-state index contributed by atoms with van der Waals surface area (Å²) >= 11 is 0. The third kappa shape index (κ3) is 3.14. The number of nitrogens with zero attached hydrogens (tertiary/aromatic N) is 5. The molecule has 5 fully saturated rings. The molecular formula is C24H30N6O2. The molecule has 7 rings (SSSR count). The number of rotatable bonds is 4. The van der Waals surface area contributed by atoms with Crippen molar-refractivity contribution in [2.75, 3.05) is 11.9 Å². The first kappa shape index (κ1) is 19.9. The van der Waals surface area contributed by atoms with Crippen molar-refractivity contribution >= 4 is 17.5 Å². The molecule has 0 radical (unpaired) electrons. The minimum Gasteiger partial charge on any atom is -0.330 e. The molecule has 168 valence electrons. The van der Waals surface area contributed by atoms with Crippen LogP contribution in [0.3, 0.4) is 0 Å². The summed E-state index contributed by atoms with van der Waals surface area (Å²) in [7, 11) is 0. The minimum atomic E-state index is -0.383. The fourth-order valence-electron chi connectivity index (χ4n) is 7.45. The van der Waals surface area contributed by atoms with Gasteiger partial charge in [0.05, 0.1) is 11.1 Å². The summed E-state index contributed by atoms with van der Waals surface area (Å²) in [4.78, 5) is 29.1. The van der Waals surface area contributed by atoms with Crippen molar-refractivity contribution in [2.45, 2.75) is 64.3 Å². The highest BCUT2D eigenvalue weighted by Crippen LogP contribution is 2.60. The molecule has 32 heavy (non-hydrogen) atoms. The lowest BCUT2D eigenvalue weighted by Crippen LogP contribution is -2.56. The molecule has 1 N–H and O–H groups in total. The summed E-state index contributed by atoms with van der Waals surface area (Å²) in [5.74, 6) is 2.33. The molecule has 1 aromatic carbocycles. The van der Waals surface area contributed by atoms with Crippen LogP contribution < -0.4 is 5.32 Å². The number of aromatic nitrogens is 4. The molecule has 2 aromatic rings. The summed E-state index contributed by atoms with van der Waals surface area (Å²) in [5.41, 5.74) is 2.25. The van der Waals surface area contributed by atoms with Gasteiger partial charge in [0, 0.05) is 12.2 Å². The highest BCUT2D eigenvalue weighted by molar-refractivity contribution is 5.99. The van der Waals surface area contributed by atoms with Gasteiger partial charge in [-0.25, -0.2) is 4.68 Å². The number of anilines is 1. The van der Waals surface area contributed by atoms with E-state index in [1.54, 1.807) is 4.68 Å². The molecule has 2 heterocycles. The molecule has 4 saturated carbocycles. The summed E-state index contributed by atoms with van der Waals surface area (Å²) in [6.07, 6.45) is 10.2. The van der Waals surface area contributed by atoms with Crippen molar-refractivity contribution in [2.24, 2.45) is 23.2 Å². The second-order valence-electron chi connectivity index (χ2n) is 10.5. The van der Waals surface area contributed by atoms with Gasteiger partial charge in [-0.2, -0.15) is 0 Å². The SMILES string of the molecule is Cc1c(NC(=O)C2CCCN2C(=O)C23CC4CC(CC(C4)C2)C3)cccc1-n1cnnn1. The van der Waals surface area contributed by atoms with Crippen LogP contribution in [0.2, 0.25) is 0 Å². The number of nitrogens with one attached hydrogen (secondary N) is 1. The van der Waals surface area contributed by atoms with Gasteiger partial charge in [0.15, 0.2) is 0 Å². The number of amides is 2. The van der Waals surface area contributed by atoms with E-state index in [9.17, 15) is 9.59 Å². The summed E-state index contributed by atoms with van der Waals surface area (Å²) in [6, 6.07) is 5.31. The molecule has 1 atom stereocenters. The van der Waals surface area contributed by atoms with Crippen molar-refractivity contribution in [1.29, 1.82) is 0 Å². The molecule has 1 aliphatic heterocycles. The Hall–Kier alpha value is -2.77. The van der Waals surface area contributed by atoms with Gasteiger partial charge in [0.25, 0.3) is 0 Å². The second kappa shape index (κ2) is 7.39. The number of hydrogen-bond donors (Lipinski definition) is 1. The third-order valence-electron chi connectivity index (χ3n) is 8.47. The van der Waals surface area contributed by atoms with E-state index in [-0.39, 0.29) is 23.3 Å². The normalized spacial score (nSPS) is 33.0. The fourth-order valence-corrected chi connectivity index (χ4v) is 7.45. The predicted octanol–water partition coefficient (Wildman–Crippen LogP) is 3.12. The van der Waals surface area contributed by atoms with Gasteiger partial charge in [-0.3, -0.25) is 9.59 Å². The van der Waals surface area contributed by atoms with E-state index in [2.05, 4.69) is 20.8 Å². The first-order chi connectivity index (χ1) is 15.5. The Morgan fingerprint density at radius 2 is 1.81 bits per heavy atom. The molecule has 8 heteroatoms. The smallest absolute Gasteiger partial charge is 0.247 e. The van der Waals surface area contributed by atoms with Crippen LogP contribution in [-0.2, 0) is 9.59 Å². The highest BCUT2D eigenvalue weighted by Gasteiger charge is 2.56. The zero-order chi connectivity index (χ0) is 21.9. The van der Waals surface area contributed by atoms with Crippen LogP contribution in [0.4, 0.5) is 5.69 Å². The van der Waals surface area contributed by atoms with Gasteiger partial charge < -0.3 is 10.2 Å². The molecule has 5 aliphatic rings. The second-order valence-corrected chi connectivity index (χ2v) is 10.5. The molecule has 2 amide bonds. The Labute approximate surface area is 187 Å². The van der Waals surface area contributed by atoms with E-state index in [0.717, 1.165) is 66.8 Å². The van der Waals surface area contributed by atoms with Crippen LogP contribution in [0.1, 0.15) is 56.9 Å². The summed E-state index contributed by atoms with van der Waals surface area (Å²) < 4.78 is 1.59. The summed E-state index contributed by atoms with van der Waals surface area (Å²) in [5, 5.41) is 14.5. The van der Waals surface area contributed by atoms with Gasteiger partial charge >= 0.3 is 0 Å². The zero-order valence-corrected chi connectivity index (χ0v) is 18.5. The Morgan fingerprint density at radius 3 is 2.47 bits per heavy atom. The van der Waals surface area contributed by atoms with E-state index in [4.69, 9.17) is 0 Å². The maximum Gasteiger partial charge on any atom is 0.247 e. The van der Waals surface area contributed by atoms with Crippen LogP contribution in [-0.4, -0.2) is 49.5 Å². The van der Waals surface area contributed by atoms with Crippen LogP contribution in [0, 0.1) is 30.1 Å². The maximum atomic E-state index is 13.9. The van der Waals surface area contributed by atoms with Gasteiger partial charge in [0.2, 0.25) is 11.8 Å². The van der Waals surface area contributed by atoms with Crippen molar-refractivity contribution in [1.82, 2.24) is 25.1 Å². The Morgan fingerprint density at radius 1 is 1.09 bits per heavy atom. The molecule has 1 unspecified atom stereocenters. The largest absolute Gasteiger partial charge is 0.330 e. The van der Waals surface area contributed by atoms with E-state index in [1.807, 2.05) is 30.0 Å². The Balaban J connectivity index is 1.21. The third-order valence-corrected chi connectivity index (χ3v) is 8.47. The Bertz CT molecular complexity index is 1010. The number of carbonyl (C=O) groups excluding carboxylic acids is 2. The van der Waals surface area contributed by atoms with Gasteiger partial charge in [-0.05, 0) is 104 Å². The molecule has 1 saturated heterocycles.